The Morgan fingerprint density at radius 3 is 2.79 bits per heavy atom. The number of halogens is 3. The Morgan fingerprint density at radius 2 is 2.15 bits per heavy atom. The van der Waals surface area contributed by atoms with Crippen molar-refractivity contribution in [1.29, 1.82) is 5.41 Å². The van der Waals surface area contributed by atoms with E-state index in [1.807, 2.05) is 0 Å². The van der Waals surface area contributed by atoms with Crippen LogP contribution in [0.15, 0.2) is 76.9 Å². The molecule has 6 atom stereocenters. The highest BCUT2D eigenvalue weighted by molar-refractivity contribution is 6.08. The second-order valence-electron chi connectivity index (χ2n) is 7.64. The van der Waals surface area contributed by atoms with Crippen molar-refractivity contribution in [3.63, 3.8) is 0 Å². The molecular formula is C23H30F3N5O2. The molecule has 10 heteroatoms. The van der Waals surface area contributed by atoms with Gasteiger partial charge in [0.05, 0.1) is 30.8 Å². The summed E-state index contributed by atoms with van der Waals surface area (Å²) >= 11 is 0. The largest absolute Gasteiger partial charge is 0.405 e. The molecule has 0 radical (unpaired) electrons. The summed E-state index contributed by atoms with van der Waals surface area (Å²) in [5.41, 5.74) is 11.7. The smallest absolute Gasteiger partial charge is 0.140 e. The van der Waals surface area contributed by atoms with Crippen molar-refractivity contribution in [3.8, 4) is 0 Å². The maximum atomic E-state index is 14.7. The number of alkyl halides is 2. The van der Waals surface area contributed by atoms with E-state index < -0.39 is 48.9 Å². The van der Waals surface area contributed by atoms with Gasteiger partial charge >= 0.3 is 0 Å². The molecule has 0 amide bonds. The predicted molar refractivity (Wildman–Crippen MR) is 124 cm³/mol. The normalized spacial score (nSPS) is 26.3. The summed E-state index contributed by atoms with van der Waals surface area (Å²) in [5, 5.41) is 30.8. The van der Waals surface area contributed by atoms with E-state index in [4.69, 9.17) is 16.9 Å². The maximum absolute atomic E-state index is 14.7. The van der Waals surface area contributed by atoms with Gasteiger partial charge in [-0.3, -0.25) is 10.3 Å². The van der Waals surface area contributed by atoms with Crippen LogP contribution in [0.5, 0.6) is 0 Å². The van der Waals surface area contributed by atoms with Crippen LogP contribution in [0.25, 0.3) is 0 Å². The summed E-state index contributed by atoms with van der Waals surface area (Å²) in [4.78, 5) is 3.97. The standard InChI is InChI=1S/C23H30F3N5O2/c24-15-7-5-14(6-8-15)19(28)11-20(29)22-16(3-1-4-17(22)25)23(33)31-21(18(26)13-32)12-30-10-2-9-27/h1-7,9-11,15-16,18,21-23,28,31-33H,8,12-13,27,29H2/t15?,16?,18-,21+,22?,23?/m1/s1. The quantitative estimate of drug-likeness (QED) is 0.204. The number of nitrogens with one attached hydrogen (secondary N) is 2. The maximum Gasteiger partial charge on any atom is 0.140 e. The third-order valence-corrected chi connectivity index (χ3v) is 5.26. The lowest BCUT2D eigenvalue weighted by atomic mass is 9.82. The zero-order valence-electron chi connectivity index (χ0n) is 18.0. The lowest BCUT2D eigenvalue weighted by molar-refractivity contribution is 0.0416. The number of rotatable bonds is 11. The van der Waals surface area contributed by atoms with E-state index in [2.05, 4.69) is 10.3 Å². The number of hydrogen-bond acceptors (Lipinski definition) is 7. The van der Waals surface area contributed by atoms with Crippen LogP contribution in [0.2, 0.25) is 0 Å². The van der Waals surface area contributed by atoms with E-state index in [0.29, 0.717) is 5.57 Å². The fourth-order valence-corrected chi connectivity index (χ4v) is 3.49. The van der Waals surface area contributed by atoms with Crippen LogP contribution >= 0.6 is 0 Å². The Balaban J connectivity index is 2.18. The Labute approximate surface area is 191 Å². The molecule has 0 saturated carbocycles. The van der Waals surface area contributed by atoms with E-state index in [-0.39, 0.29) is 24.4 Å². The highest BCUT2D eigenvalue weighted by Crippen LogP contribution is 2.33. The number of aliphatic imine (C=N–C) groups is 1. The summed E-state index contributed by atoms with van der Waals surface area (Å²) < 4.78 is 42.2. The molecule has 0 bridgehead atoms. The van der Waals surface area contributed by atoms with E-state index in [1.54, 1.807) is 6.08 Å². The third kappa shape index (κ3) is 7.55. The number of aliphatic hydroxyl groups excluding tert-OH is 2. The lowest BCUT2D eigenvalue weighted by Crippen LogP contribution is -2.51. The fraction of sp³-hybridized carbons (Fsp3) is 0.391. The molecule has 7 nitrogen and oxygen atoms in total. The first-order valence-corrected chi connectivity index (χ1v) is 10.5. The van der Waals surface area contributed by atoms with Crippen molar-refractivity contribution in [2.45, 2.75) is 31.0 Å². The van der Waals surface area contributed by atoms with Crippen LogP contribution in [0.3, 0.4) is 0 Å². The van der Waals surface area contributed by atoms with Crippen molar-refractivity contribution in [1.82, 2.24) is 5.32 Å². The van der Waals surface area contributed by atoms with Crippen molar-refractivity contribution in [2.24, 2.45) is 28.3 Å². The Bertz CT molecular complexity index is 895. The van der Waals surface area contributed by atoms with Gasteiger partial charge in [-0.1, -0.05) is 24.3 Å². The van der Waals surface area contributed by atoms with E-state index in [0.717, 1.165) is 0 Å². The van der Waals surface area contributed by atoms with Crippen LogP contribution in [-0.2, 0) is 0 Å². The molecule has 0 aromatic carbocycles. The Morgan fingerprint density at radius 1 is 1.39 bits per heavy atom. The van der Waals surface area contributed by atoms with Crippen molar-refractivity contribution in [2.75, 3.05) is 13.2 Å². The molecule has 0 spiro atoms. The topological polar surface area (TPSA) is 141 Å². The average molecular weight is 466 g/mol. The highest BCUT2D eigenvalue weighted by Gasteiger charge is 2.35. The van der Waals surface area contributed by atoms with Gasteiger partial charge in [0.1, 0.15) is 24.4 Å². The van der Waals surface area contributed by atoms with Gasteiger partial charge < -0.3 is 27.1 Å². The minimum absolute atomic E-state index is 0.0246. The van der Waals surface area contributed by atoms with Crippen LogP contribution in [0.1, 0.15) is 6.42 Å². The van der Waals surface area contributed by atoms with Gasteiger partial charge in [-0.25, -0.2) is 13.2 Å². The first kappa shape index (κ1) is 26.3. The molecule has 33 heavy (non-hydrogen) atoms. The summed E-state index contributed by atoms with van der Waals surface area (Å²) in [6, 6.07) is -1.06. The Kier molecular flexibility index (Phi) is 10.3. The second kappa shape index (κ2) is 12.9. The van der Waals surface area contributed by atoms with Crippen LogP contribution in [0.4, 0.5) is 13.2 Å². The Hall–Kier alpha value is -2.95. The molecule has 2 aliphatic rings. The molecule has 8 N–H and O–H groups in total. The predicted octanol–water partition coefficient (Wildman–Crippen LogP) is 1.88. The van der Waals surface area contributed by atoms with E-state index in [9.17, 15) is 23.4 Å². The van der Waals surface area contributed by atoms with Crippen LogP contribution < -0.4 is 16.8 Å². The fourth-order valence-electron chi connectivity index (χ4n) is 3.49. The molecule has 0 saturated heterocycles. The molecule has 2 aliphatic carbocycles. The third-order valence-electron chi connectivity index (χ3n) is 5.26. The van der Waals surface area contributed by atoms with Gasteiger partial charge in [0.2, 0.25) is 0 Å². The zero-order chi connectivity index (χ0) is 24.4. The first-order chi connectivity index (χ1) is 15.8. The number of nitrogens with zero attached hydrogens (tertiary/aromatic N) is 1. The minimum atomic E-state index is -1.74. The van der Waals surface area contributed by atoms with Crippen molar-refractivity contribution >= 4 is 11.9 Å². The molecule has 4 unspecified atom stereocenters. The summed E-state index contributed by atoms with van der Waals surface area (Å²) in [6.45, 7) is -0.916. The van der Waals surface area contributed by atoms with E-state index >= 15 is 0 Å². The molecular weight excluding hydrogens is 435 g/mol. The zero-order valence-corrected chi connectivity index (χ0v) is 18.0. The van der Waals surface area contributed by atoms with Gasteiger partial charge in [-0.2, -0.15) is 0 Å². The molecule has 0 aromatic rings. The molecule has 0 fully saturated rings. The summed E-state index contributed by atoms with van der Waals surface area (Å²) in [5.74, 6) is -2.67. The number of hydrogen-bond donors (Lipinski definition) is 6. The average Bonchev–Trinajstić information content (AvgIpc) is 2.80. The molecule has 0 heterocycles. The number of nitrogens with two attached hydrogens (primary N) is 2. The van der Waals surface area contributed by atoms with Gasteiger partial charge in [0.25, 0.3) is 0 Å². The van der Waals surface area contributed by atoms with Crippen molar-refractivity contribution in [3.05, 3.63) is 71.9 Å². The van der Waals surface area contributed by atoms with Gasteiger partial charge in [0, 0.05) is 24.3 Å². The first-order valence-electron chi connectivity index (χ1n) is 10.5. The van der Waals surface area contributed by atoms with Crippen LogP contribution in [0, 0.1) is 17.2 Å². The lowest BCUT2D eigenvalue weighted by Gasteiger charge is -2.33. The molecule has 0 aliphatic heterocycles. The summed E-state index contributed by atoms with van der Waals surface area (Å²) in [6.07, 6.45) is 9.60. The molecule has 180 valence electrons. The number of aliphatic hydroxyl groups is 2. The highest BCUT2D eigenvalue weighted by atomic mass is 19.1. The van der Waals surface area contributed by atoms with E-state index in [1.165, 1.54) is 54.9 Å². The summed E-state index contributed by atoms with van der Waals surface area (Å²) in [7, 11) is 0. The SMILES string of the molecule is N=C(C=C(N)C1C(F)=CC=CC1C(O)N[C@@H](CN=CC=CN)[C@H](F)CO)C1=CCC(F)C=C1. The van der Waals surface area contributed by atoms with Gasteiger partial charge in [-0.15, -0.1) is 0 Å². The monoisotopic (exact) mass is 465 g/mol. The number of allylic oxidation sites excluding steroid dienone is 9. The van der Waals surface area contributed by atoms with Crippen LogP contribution in [-0.4, -0.2) is 59.9 Å². The van der Waals surface area contributed by atoms with Crippen molar-refractivity contribution < 1.29 is 23.4 Å². The van der Waals surface area contributed by atoms with Gasteiger partial charge in [-0.05, 0) is 36.1 Å². The molecule has 0 aromatic heterocycles. The second-order valence-corrected chi connectivity index (χ2v) is 7.64. The van der Waals surface area contributed by atoms with Gasteiger partial charge in [0.15, 0.2) is 0 Å². The minimum Gasteiger partial charge on any atom is -0.405 e. The molecule has 2 rings (SSSR count).